The number of terminal acetylenes is 1. The third-order valence-corrected chi connectivity index (χ3v) is 3.68. The van der Waals surface area contributed by atoms with Gasteiger partial charge in [-0.3, -0.25) is 14.5 Å². The van der Waals surface area contributed by atoms with Gasteiger partial charge in [0.1, 0.15) is 0 Å². The monoisotopic (exact) mass is 327 g/mol. The van der Waals surface area contributed by atoms with Crippen LogP contribution in [0.4, 0.5) is 5.69 Å². The number of hydrogen-bond donors (Lipinski definition) is 1. The average Bonchev–Trinajstić information content (AvgIpc) is 2.95. The minimum Gasteiger partial charge on any atom is -0.374 e. The van der Waals surface area contributed by atoms with Gasteiger partial charge in [0.25, 0.3) is 5.69 Å². The smallest absolute Gasteiger partial charge is 0.270 e. The summed E-state index contributed by atoms with van der Waals surface area (Å²) in [4.78, 5) is 14.9. The van der Waals surface area contributed by atoms with Crippen molar-refractivity contribution in [2.24, 2.45) is 0 Å². The van der Waals surface area contributed by atoms with Crippen molar-refractivity contribution in [3.05, 3.63) is 63.4 Å². The van der Waals surface area contributed by atoms with E-state index in [1.165, 1.54) is 12.1 Å². The summed E-state index contributed by atoms with van der Waals surface area (Å²) in [6.07, 6.45) is 5.78. The molecule has 7 heteroatoms. The molecule has 0 spiro atoms. The van der Waals surface area contributed by atoms with E-state index in [1.54, 1.807) is 34.9 Å². The molecule has 1 atom stereocenters. The number of nitro benzene ring substituents is 1. The Balaban J connectivity index is 2.33. The molecule has 114 valence electrons. The van der Waals surface area contributed by atoms with Crippen molar-refractivity contribution in [2.75, 3.05) is 0 Å². The minimum absolute atomic E-state index is 0.0770. The zero-order valence-electron chi connectivity index (χ0n) is 11.7. The number of aromatic nitrogens is 2. The second kappa shape index (κ2) is 5.72. The lowest BCUT2D eigenvalue weighted by atomic mass is 10.1. The van der Waals surface area contributed by atoms with E-state index in [-0.39, 0.29) is 5.69 Å². The van der Waals surface area contributed by atoms with Gasteiger partial charge in [0, 0.05) is 23.9 Å². The normalized spacial score (nSPS) is 12.0. The van der Waals surface area contributed by atoms with Gasteiger partial charge in [0.2, 0.25) is 0 Å². The van der Waals surface area contributed by atoms with Crippen LogP contribution in [-0.4, -0.2) is 19.4 Å². The maximum Gasteiger partial charge on any atom is 0.270 e. The Morgan fingerprint density at radius 1 is 1.39 bits per heavy atom. The highest BCUT2D eigenvalue weighted by molar-refractivity contribution is 6.33. The van der Waals surface area contributed by atoms with Crippen molar-refractivity contribution < 1.29 is 10.0 Å². The van der Waals surface area contributed by atoms with Crippen LogP contribution in [0.2, 0.25) is 5.02 Å². The molecule has 0 aliphatic carbocycles. The molecular formula is C16H10ClN3O3. The molecule has 23 heavy (non-hydrogen) atoms. The molecule has 6 nitrogen and oxygen atoms in total. The number of nitrogens with zero attached hydrogens (tertiary/aromatic N) is 3. The second-order valence-corrected chi connectivity index (χ2v) is 5.18. The van der Waals surface area contributed by atoms with Gasteiger partial charge in [-0.15, -0.1) is 6.42 Å². The number of imidazole rings is 1. The summed E-state index contributed by atoms with van der Waals surface area (Å²) in [6, 6.07) is 9.32. The second-order valence-electron chi connectivity index (χ2n) is 4.77. The summed E-state index contributed by atoms with van der Waals surface area (Å²) in [7, 11) is 0. The highest BCUT2D eigenvalue weighted by atomic mass is 35.5. The summed E-state index contributed by atoms with van der Waals surface area (Å²) < 4.78 is 1.58. The first-order valence-electron chi connectivity index (χ1n) is 6.58. The molecule has 1 unspecified atom stereocenters. The third kappa shape index (κ3) is 2.52. The molecular weight excluding hydrogens is 318 g/mol. The van der Waals surface area contributed by atoms with Crippen LogP contribution in [0, 0.1) is 22.5 Å². The van der Waals surface area contributed by atoms with Gasteiger partial charge in [0.05, 0.1) is 21.3 Å². The van der Waals surface area contributed by atoms with Crippen LogP contribution in [0.15, 0.2) is 42.6 Å². The highest BCUT2D eigenvalue weighted by Crippen LogP contribution is 2.32. The Morgan fingerprint density at radius 2 is 2.17 bits per heavy atom. The molecule has 0 saturated heterocycles. The van der Waals surface area contributed by atoms with Crippen molar-refractivity contribution in [3.8, 4) is 23.6 Å². The molecule has 0 aliphatic heterocycles. The summed E-state index contributed by atoms with van der Waals surface area (Å²) in [5.41, 5.74) is 1.51. The van der Waals surface area contributed by atoms with E-state index in [2.05, 4.69) is 10.9 Å². The fourth-order valence-corrected chi connectivity index (χ4v) is 2.58. The SMILES string of the molecule is C#CC(O)c1c(-c2cccc([N+](=O)[O-])c2)nc2c(Cl)cccn12. The number of nitro groups is 1. The molecule has 0 amide bonds. The Bertz CT molecular complexity index is 959. The summed E-state index contributed by atoms with van der Waals surface area (Å²) >= 11 is 6.13. The van der Waals surface area contributed by atoms with E-state index in [0.29, 0.717) is 27.6 Å². The quantitative estimate of drug-likeness (QED) is 0.455. The van der Waals surface area contributed by atoms with Gasteiger partial charge in [-0.05, 0) is 12.1 Å². The van der Waals surface area contributed by atoms with E-state index in [4.69, 9.17) is 18.0 Å². The lowest BCUT2D eigenvalue weighted by molar-refractivity contribution is -0.384. The Labute approximate surface area is 136 Å². The molecule has 0 saturated carbocycles. The molecule has 1 aromatic carbocycles. The topological polar surface area (TPSA) is 80.7 Å². The zero-order chi connectivity index (χ0) is 16.6. The zero-order valence-corrected chi connectivity index (χ0v) is 12.4. The number of aliphatic hydroxyl groups is 1. The number of halogens is 1. The number of aliphatic hydroxyl groups excluding tert-OH is 1. The van der Waals surface area contributed by atoms with Gasteiger partial charge >= 0.3 is 0 Å². The summed E-state index contributed by atoms with van der Waals surface area (Å²) in [5, 5.41) is 21.5. The lowest BCUT2D eigenvalue weighted by Crippen LogP contribution is -2.01. The molecule has 0 fully saturated rings. The highest BCUT2D eigenvalue weighted by Gasteiger charge is 2.21. The van der Waals surface area contributed by atoms with Crippen LogP contribution < -0.4 is 0 Å². The van der Waals surface area contributed by atoms with Crippen LogP contribution in [0.1, 0.15) is 11.8 Å². The number of benzene rings is 1. The summed E-state index contributed by atoms with van der Waals surface area (Å²) in [6.45, 7) is 0. The molecule has 0 aliphatic rings. The first-order valence-corrected chi connectivity index (χ1v) is 6.96. The van der Waals surface area contributed by atoms with Crippen LogP contribution >= 0.6 is 11.6 Å². The molecule has 0 bridgehead atoms. The predicted octanol–water partition coefficient (Wildman–Crippen LogP) is 3.23. The standard InChI is InChI=1S/C16H10ClN3O3/c1-2-13(21)15-14(10-5-3-6-11(9-10)20(22)23)18-16-12(17)7-4-8-19(15)16/h1,3-9,13,21H. The number of fused-ring (bicyclic) bond motifs is 1. The van der Waals surface area contributed by atoms with E-state index < -0.39 is 11.0 Å². The van der Waals surface area contributed by atoms with E-state index >= 15 is 0 Å². The van der Waals surface area contributed by atoms with Crippen molar-refractivity contribution in [1.29, 1.82) is 0 Å². The third-order valence-electron chi connectivity index (χ3n) is 3.39. The van der Waals surface area contributed by atoms with Gasteiger partial charge in [-0.25, -0.2) is 4.98 Å². The predicted molar refractivity (Wildman–Crippen MR) is 86.1 cm³/mol. The van der Waals surface area contributed by atoms with Crippen molar-refractivity contribution in [3.63, 3.8) is 0 Å². The molecule has 3 aromatic rings. The van der Waals surface area contributed by atoms with Crippen LogP contribution in [0.3, 0.4) is 0 Å². The fraction of sp³-hybridized carbons (Fsp3) is 0.0625. The van der Waals surface area contributed by atoms with Gasteiger partial charge < -0.3 is 5.11 Å². The van der Waals surface area contributed by atoms with Crippen molar-refractivity contribution in [1.82, 2.24) is 9.38 Å². The Hall–Kier alpha value is -2.88. The fourth-order valence-electron chi connectivity index (χ4n) is 2.37. The number of rotatable bonds is 3. The van der Waals surface area contributed by atoms with E-state index in [0.717, 1.165) is 0 Å². The maximum absolute atomic E-state index is 11.0. The lowest BCUT2D eigenvalue weighted by Gasteiger charge is -2.07. The van der Waals surface area contributed by atoms with Crippen LogP contribution in [-0.2, 0) is 0 Å². The van der Waals surface area contributed by atoms with Gasteiger partial charge in [0.15, 0.2) is 11.8 Å². The van der Waals surface area contributed by atoms with Crippen LogP contribution in [0.5, 0.6) is 0 Å². The maximum atomic E-state index is 11.0. The summed E-state index contributed by atoms with van der Waals surface area (Å²) in [5.74, 6) is 2.24. The number of non-ortho nitro benzene ring substituents is 1. The van der Waals surface area contributed by atoms with E-state index in [1.807, 2.05) is 0 Å². The molecule has 1 N–H and O–H groups in total. The average molecular weight is 328 g/mol. The van der Waals surface area contributed by atoms with Crippen molar-refractivity contribution >= 4 is 22.9 Å². The van der Waals surface area contributed by atoms with Crippen molar-refractivity contribution in [2.45, 2.75) is 6.10 Å². The number of pyridine rings is 1. The first kappa shape index (κ1) is 15.0. The molecule has 2 heterocycles. The van der Waals surface area contributed by atoms with Gasteiger partial charge in [-0.1, -0.05) is 29.7 Å². The van der Waals surface area contributed by atoms with E-state index in [9.17, 15) is 15.2 Å². The molecule has 2 aromatic heterocycles. The molecule has 0 radical (unpaired) electrons. The Kier molecular flexibility index (Phi) is 3.74. The largest absolute Gasteiger partial charge is 0.374 e. The number of hydrogen-bond acceptors (Lipinski definition) is 4. The Morgan fingerprint density at radius 3 is 2.87 bits per heavy atom. The first-order chi connectivity index (χ1) is 11.0. The van der Waals surface area contributed by atoms with Crippen LogP contribution in [0.25, 0.3) is 16.9 Å². The van der Waals surface area contributed by atoms with Gasteiger partial charge in [-0.2, -0.15) is 0 Å². The molecule has 3 rings (SSSR count). The minimum atomic E-state index is -1.22.